The first kappa shape index (κ1) is 13.6. The van der Waals surface area contributed by atoms with Gasteiger partial charge in [-0.3, -0.25) is 4.90 Å². The van der Waals surface area contributed by atoms with E-state index in [1.54, 1.807) is 7.11 Å². The summed E-state index contributed by atoms with van der Waals surface area (Å²) in [7, 11) is 1.75. The molecule has 0 saturated carbocycles. The van der Waals surface area contributed by atoms with Crippen molar-refractivity contribution in [1.82, 2.24) is 4.90 Å². The number of rotatable bonds is 1. The molecule has 3 heterocycles. The molecule has 1 aliphatic carbocycles. The molecule has 0 saturated heterocycles. The molecule has 5 nitrogen and oxygen atoms in total. The fourth-order valence-electron chi connectivity index (χ4n) is 4.47. The van der Waals surface area contributed by atoms with Crippen LogP contribution in [-0.2, 0) is 10.3 Å². The van der Waals surface area contributed by atoms with Crippen molar-refractivity contribution in [2.75, 3.05) is 27.0 Å². The lowest BCUT2D eigenvalue weighted by Gasteiger charge is -2.49. The standard InChI is InChI=1S/C18H19NO4/c1-21-12-3-2-11-4-5-19-9-15(20)13-6-16-17(23-10-22-16)7-14(13)18(11,19)8-12/h2-4,6-7,12,15,20H,5,8-10H2,1H3/t12-,15-,18-/m0/s1. The Morgan fingerprint density at radius 2 is 2.13 bits per heavy atom. The van der Waals surface area contributed by atoms with Crippen LogP contribution in [0.1, 0.15) is 23.7 Å². The average Bonchev–Trinajstić information content (AvgIpc) is 3.17. The zero-order valence-electron chi connectivity index (χ0n) is 13.0. The van der Waals surface area contributed by atoms with Crippen LogP contribution in [0.3, 0.4) is 0 Å². The summed E-state index contributed by atoms with van der Waals surface area (Å²) in [4.78, 5) is 2.35. The molecule has 3 atom stereocenters. The molecule has 0 fully saturated rings. The van der Waals surface area contributed by atoms with Crippen molar-refractivity contribution in [2.45, 2.75) is 24.2 Å². The number of aliphatic hydroxyl groups is 1. The molecule has 0 bridgehead atoms. The monoisotopic (exact) mass is 313 g/mol. The highest BCUT2D eigenvalue weighted by Gasteiger charge is 2.52. The molecule has 1 aromatic carbocycles. The van der Waals surface area contributed by atoms with E-state index in [1.807, 2.05) is 6.07 Å². The van der Waals surface area contributed by atoms with Gasteiger partial charge in [0.1, 0.15) is 0 Å². The predicted octanol–water partition coefficient (Wildman–Crippen LogP) is 1.87. The topological polar surface area (TPSA) is 51.2 Å². The minimum Gasteiger partial charge on any atom is -0.454 e. The minimum absolute atomic E-state index is 0.0706. The number of methoxy groups -OCH3 is 1. The molecule has 0 aromatic heterocycles. The van der Waals surface area contributed by atoms with E-state index < -0.39 is 6.10 Å². The summed E-state index contributed by atoms with van der Waals surface area (Å²) >= 11 is 0. The number of fused-ring (bicyclic) bond motifs is 2. The Morgan fingerprint density at radius 1 is 1.30 bits per heavy atom. The third-order valence-electron chi connectivity index (χ3n) is 5.58. The molecule has 3 aliphatic heterocycles. The molecule has 0 amide bonds. The van der Waals surface area contributed by atoms with Gasteiger partial charge in [-0.15, -0.1) is 0 Å². The van der Waals surface area contributed by atoms with Gasteiger partial charge in [0, 0.05) is 26.6 Å². The van der Waals surface area contributed by atoms with Crippen molar-refractivity contribution in [3.8, 4) is 11.5 Å². The van der Waals surface area contributed by atoms with E-state index in [4.69, 9.17) is 14.2 Å². The Morgan fingerprint density at radius 3 is 2.96 bits per heavy atom. The summed E-state index contributed by atoms with van der Waals surface area (Å²) in [5, 5.41) is 10.6. The van der Waals surface area contributed by atoms with Crippen LogP contribution in [0.15, 0.2) is 35.9 Å². The summed E-state index contributed by atoms with van der Waals surface area (Å²) in [6.07, 6.45) is 6.97. The van der Waals surface area contributed by atoms with Crippen molar-refractivity contribution in [2.24, 2.45) is 0 Å². The number of hydrogen-bond donors (Lipinski definition) is 1. The van der Waals surface area contributed by atoms with E-state index in [0.717, 1.165) is 35.6 Å². The van der Waals surface area contributed by atoms with Gasteiger partial charge in [-0.1, -0.05) is 18.2 Å². The van der Waals surface area contributed by atoms with E-state index in [9.17, 15) is 5.11 Å². The number of benzene rings is 1. The molecule has 1 aromatic rings. The lowest BCUT2D eigenvalue weighted by atomic mass is 9.71. The summed E-state index contributed by atoms with van der Waals surface area (Å²) in [5.74, 6) is 1.49. The van der Waals surface area contributed by atoms with E-state index in [1.165, 1.54) is 5.57 Å². The second kappa shape index (κ2) is 4.60. The van der Waals surface area contributed by atoms with Crippen molar-refractivity contribution in [3.63, 3.8) is 0 Å². The van der Waals surface area contributed by atoms with Gasteiger partial charge in [0.25, 0.3) is 0 Å². The number of hydrogen-bond acceptors (Lipinski definition) is 5. The first-order valence-electron chi connectivity index (χ1n) is 8.01. The van der Waals surface area contributed by atoms with Crippen LogP contribution in [0.25, 0.3) is 0 Å². The van der Waals surface area contributed by atoms with Gasteiger partial charge < -0.3 is 19.3 Å². The second-order valence-corrected chi connectivity index (χ2v) is 6.57. The van der Waals surface area contributed by atoms with Crippen LogP contribution in [0, 0.1) is 0 Å². The smallest absolute Gasteiger partial charge is 0.231 e. The first-order chi connectivity index (χ1) is 11.2. The Hall–Kier alpha value is -1.82. The van der Waals surface area contributed by atoms with Gasteiger partial charge in [0.15, 0.2) is 11.5 Å². The largest absolute Gasteiger partial charge is 0.454 e. The fourth-order valence-corrected chi connectivity index (χ4v) is 4.47. The third kappa shape index (κ3) is 1.67. The number of ether oxygens (including phenoxy) is 3. The molecule has 0 radical (unpaired) electrons. The third-order valence-corrected chi connectivity index (χ3v) is 5.58. The molecular formula is C18H19NO4. The van der Waals surface area contributed by atoms with Crippen molar-refractivity contribution in [1.29, 1.82) is 0 Å². The van der Waals surface area contributed by atoms with Crippen LogP contribution >= 0.6 is 0 Å². The molecule has 5 heteroatoms. The Labute approximate surface area is 134 Å². The highest BCUT2D eigenvalue weighted by molar-refractivity contribution is 5.58. The molecule has 0 unspecified atom stereocenters. The highest BCUT2D eigenvalue weighted by Crippen LogP contribution is 2.54. The van der Waals surface area contributed by atoms with Gasteiger partial charge in [-0.25, -0.2) is 0 Å². The maximum absolute atomic E-state index is 10.6. The fraction of sp³-hybridized carbons (Fsp3) is 0.444. The predicted molar refractivity (Wildman–Crippen MR) is 83.4 cm³/mol. The lowest BCUT2D eigenvalue weighted by Crippen LogP contribution is -2.52. The van der Waals surface area contributed by atoms with Crippen molar-refractivity contribution >= 4 is 0 Å². The second-order valence-electron chi connectivity index (χ2n) is 6.57. The average molecular weight is 313 g/mol. The van der Waals surface area contributed by atoms with Crippen LogP contribution in [0.2, 0.25) is 0 Å². The first-order valence-corrected chi connectivity index (χ1v) is 8.01. The normalized spacial score (nSPS) is 33.9. The van der Waals surface area contributed by atoms with Gasteiger partial charge in [0.2, 0.25) is 6.79 Å². The number of aliphatic hydroxyl groups excluding tert-OH is 1. The molecule has 23 heavy (non-hydrogen) atoms. The van der Waals surface area contributed by atoms with Crippen molar-refractivity contribution in [3.05, 3.63) is 47.1 Å². The molecule has 4 aliphatic rings. The maximum Gasteiger partial charge on any atom is 0.231 e. The summed E-state index contributed by atoms with van der Waals surface area (Å²) in [5.41, 5.74) is 3.13. The van der Waals surface area contributed by atoms with E-state index in [2.05, 4.69) is 29.2 Å². The van der Waals surface area contributed by atoms with Gasteiger partial charge >= 0.3 is 0 Å². The van der Waals surface area contributed by atoms with E-state index >= 15 is 0 Å². The SMILES string of the molecule is CO[C@H]1C=CC2=CCN3C[C@H](O)c4cc5c(cc4[C@]23C1)OCO5. The van der Waals surface area contributed by atoms with Crippen LogP contribution in [0.5, 0.6) is 11.5 Å². The van der Waals surface area contributed by atoms with Crippen LogP contribution < -0.4 is 9.47 Å². The van der Waals surface area contributed by atoms with Gasteiger partial charge in [0.05, 0.1) is 17.7 Å². The zero-order valence-corrected chi connectivity index (χ0v) is 13.0. The lowest BCUT2D eigenvalue weighted by molar-refractivity contribution is 0.0109. The zero-order chi connectivity index (χ0) is 15.6. The minimum atomic E-state index is -0.509. The highest BCUT2D eigenvalue weighted by atomic mass is 16.7. The van der Waals surface area contributed by atoms with Crippen LogP contribution in [-0.4, -0.2) is 43.1 Å². The van der Waals surface area contributed by atoms with Crippen molar-refractivity contribution < 1.29 is 19.3 Å². The van der Waals surface area contributed by atoms with Gasteiger partial charge in [-0.2, -0.15) is 0 Å². The van der Waals surface area contributed by atoms with Crippen LogP contribution in [0.4, 0.5) is 0 Å². The maximum atomic E-state index is 10.6. The molecular weight excluding hydrogens is 294 g/mol. The summed E-state index contributed by atoms with van der Waals surface area (Å²) in [6.45, 7) is 1.71. The number of nitrogens with zero attached hydrogens (tertiary/aromatic N) is 1. The quantitative estimate of drug-likeness (QED) is 0.858. The Kier molecular flexibility index (Phi) is 2.72. The Balaban J connectivity index is 1.74. The van der Waals surface area contributed by atoms with E-state index in [0.29, 0.717) is 6.54 Å². The van der Waals surface area contributed by atoms with E-state index in [-0.39, 0.29) is 18.4 Å². The molecule has 1 N–H and O–H groups in total. The molecule has 120 valence electrons. The Bertz CT molecular complexity index is 741. The summed E-state index contributed by atoms with van der Waals surface area (Å²) < 4.78 is 16.7. The van der Waals surface area contributed by atoms with Gasteiger partial charge in [-0.05, 0) is 28.8 Å². The summed E-state index contributed by atoms with van der Waals surface area (Å²) in [6, 6.07) is 4.00. The molecule has 5 rings (SSSR count). The molecule has 1 spiro atoms.